The van der Waals surface area contributed by atoms with Gasteiger partial charge in [0.05, 0.1) is 25.4 Å². The molecule has 8 atom stereocenters. The monoisotopic (exact) mass is 781 g/mol. The van der Waals surface area contributed by atoms with Crippen molar-refractivity contribution in [2.75, 3.05) is 19.8 Å². The molecule has 0 aliphatic carbocycles. The highest BCUT2D eigenvalue weighted by Gasteiger charge is 2.44. The van der Waals surface area contributed by atoms with E-state index in [0.717, 1.165) is 77.0 Å². The SMILES string of the molecule is CCCCCCCCCCCCCC[C@@H](O)[C@@H](O)[C@H](CO[C@H]1OC(CO)[C@H](O)[C@H](O)C1O)NC(=O)CCCCCCCCCCCNC(=O)c1ccccc1. The zero-order chi connectivity index (χ0) is 40.1. The van der Waals surface area contributed by atoms with E-state index in [4.69, 9.17) is 9.47 Å². The molecule has 0 aromatic heterocycles. The number of carbonyl (C=O) groups is 2. The fourth-order valence-electron chi connectivity index (χ4n) is 7.08. The van der Waals surface area contributed by atoms with Crippen molar-refractivity contribution < 1.29 is 49.7 Å². The predicted molar refractivity (Wildman–Crippen MR) is 214 cm³/mol. The lowest BCUT2D eigenvalue weighted by molar-refractivity contribution is -0.303. The van der Waals surface area contributed by atoms with Crippen molar-refractivity contribution in [3.8, 4) is 0 Å². The number of hydrogen-bond acceptors (Lipinski definition) is 10. The topological polar surface area (TPSA) is 198 Å². The zero-order valence-electron chi connectivity index (χ0n) is 33.7. The lowest BCUT2D eigenvalue weighted by Crippen LogP contribution is -2.60. The molecule has 2 rings (SSSR count). The second kappa shape index (κ2) is 30.9. The first-order chi connectivity index (χ1) is 26.7. The molecular weight excluding hydrogens is 704 g/mol. The van der Waals surface area contributed by atoms with Crippen molar-refractivity contribution in [3.05, 3.63) is 35.9 Å². The average molecular weight is 781 g/mol. The number of benzene rings is 1. The number of amides is 2. The summed E-state index contributed by atoms with van der Waals surface area (Å²) >= 11 is 0. The van der Waals surface area contributed by atoms with Crippen LogP contribution in [0.3, 0.4) is 0 Å². The van der Waals surface area contributed by atoms with Gasteiger partial charge in [-0.25, -0.2) is 0 Å². The molecule has 1 aliphatic heterocycles. The van der Waals surface area contributed by atoms with Crippen LogP contribution in [0, 0.1) is 0 Å². The van der Waals surface area contributed by atoms with Gasteiger partial charge in [-0.1, -0.05) is 147 Å². The number of ether oxygens (including phenoxy) is 2. The lowest BCUT2D eigenvalue weighted by Gasteiger charge is -2.40. The summed E-state index contributed by atoms with van der Waals surface area (Å²) in [7, 11) is 0. The maximum Gasteiger partial charge on any atom is 0.251 e. The average Bonchev–Trinajstić information content (AvgIpc) is 3.19. The molecule has 1 fully saturated rings. The third kappa shape index (κ3) is 21.3. The lowest BCUT2D eigenvalue weighted by atomic mass is 9.98. The van der Waals surface area contributed by atoms with Crippen LogP contribution in [0.4, 0.5) is 0 Å². The molecule has 1 aliphatic rings. The van der Waals surface area contributed by atoms with Gasteiger partial charge in [-0.15, -0.1) is 0 Å². The molecule has 1 aromatic rings. The van der Waals surface area contributed by atoms with Gasteiger partial charge in [0.15, 0.2) is 6.29 Å². The Hall–Kier alpha value is -2.16. The number of rotatable bonds is 33. The van der Waals surface area contributed by atoms with E-state index in [1.165, 1.54) is 51.4 Å². The number of carbonyl (C=O) groups excluding carboxylic acids is 2. The molecule has 0 bridgehead atoms. The molecule has 1 aromatic carbocycles. The molecule has 8 N–H and O–H groups in total. The minimum Gasteiger partial charge on any atom is -0.394 e. The summed E-state index contributed by atoms with van der Waals surface area (Å²) in [5.41, 5.74) is 0.678. The Bertz CT molecular complexity index is 1100. The standard InChI is InChI=1S/C43H76N2O10/c1-2-3-4-5-6-7-8-9-11-14-17-23-28-35(47)38(49)34(32-54-43-41(52)40(51)39(50)36(31-46)55-43)45-37(48)29-24-18-15-12-10-13-16-19-25-30-44-42(53)33-26-21-20-22-27-33/h20-22,26-27,34-36,38-41,43,46-47,49-52H,2-19,23-25,28-32H2,1H3,(H,44,53)(H,45,48)/t34-,35+,36?,38-,39-,40-,41?,43-/m0/s1. The Labute approximate surface area is 330 Å². The molecule has 318 valence electrons. The summed E-state index contributed by atoms with van der Waals surface area (Å²) < 4.78 is 11.1. The van der Waals surface area contributed by atoms with Crippen molar-refractivity contribution in [2.45, 2.75) is 204 Å². The van der Waals surface area contributed by atoms with Crippen LogP contribution in [-0.4, -0.2) is 111 Å². The number of hydrogen-bond donors (Lipinski definition) is 8. The third-order valence-electron chi connectivity index (χ3n) is 10.7. The number of aliphatic hydroxyl groups is 6. The predicted octanol–water partition coefficient (Wildman–Crippen LogP) is 5.43. The minimum absolute atomic E-state index is 0.0370. The second-order valence-electron chi connectivity index (χ2n) is 15.5. The molecule has 0 radical (unpaired) electrons. The van der Waals surface area contributed by atoms with Crippen LogP contribution in [0.5, 0.6) is 0 Å². The van der Waals surface area contributed by atoms with Crippen LogP contribution < -0.4 is 10.6 Å². The summed E-state index contributed by atoms with van der Waals surface area (Å²) in [6.07, 6.45) is 14.0. The maximum absolute atomic E-state index is 13.0. The Morgan fingerprint density at radius 1 is 0.709 bits per heavy atom. The van der Waals surface area contributed by atoms with Gasteiger partial charge >= 0.3 is 0 Å². The summed E-state index contributed by atoms with van der Waals surface area (Å²) in [5.74, 6) is -0.330. The minimum atomic E-state index is -1.62. The summed E-state index contributed by atoms with van der Waals surface area (Å²) in [4.78, 5) is 25.1. The maximum atomic E-state index is 13.0. The Kier molecular flexibility index (Phi) is 27.5. The molecule has 1 saturated heterocycles. The highest BCUT2D eigenvalue weighted by atomic mass is 16.7. The van der Waals surface area contributed by atoms with Gasteiger partial charge in [-0.05, 0) is 31.4 Å². The highest BCUT2D eigenvalue weighted by molar-refractivity contribution is 5.94. The normalized spacial score (nSPS) is 21.5. The van der Waals surface area contributed by atoms with E-state index < -0.39 is 55.6 Å². The first-order valence-electron chi connectivity index (χ1n) is 21.6. The van der Waals surface area contributed by atoms with Gasteiger partial charge < -0.3 is 50.7 Å². The van der Waals surface area contributed by atoms with E-state index >= 15 is 0 Å². The number of nitrogens with one attached hydrogen (secondary N) is 2. The smallest absolute Gasteiger partial charge is 0.251 e. The van der Waals surface area contributed by atoms with E-state index in [9.17, 15) is 40.2 Å². The number of unbranched alkanes of at least 4 members (excludes halogenated alkanes) is 19. The van der Waals surface area contributed by atoms with Crippen molar-refractivity contribution in [3.63, 3.8) is 0 Å². The van der Waals surface area contributed by atoms with Gasteiger partial charge in [-0.3, -0.25) is 9.59 Å². The molecule has 12 heteroatoms. The van der Waals surface area contributed by atoms with Crippen LogP contribution in [0.25, 0.3) is 0 Å². The molecule has 2 amide bonds. The summed E-state index contributed by atoms with van der Waals surface area (Å²) in [6.45, 7) is 1.96. The summed E-state index contributed by atoms with van der Waals surface area (Å²) in [6, 6.07) is 8.20. The Morgan fingerprint density at radius 3 is 1.80 bits per heavy atom. The van der Waals surface area contributed by atoms with Crippen LogP contribution in [0.15, 0.2) is 30.3 Å². The zero-order valence-corrected chi connectivity index (χ0v) is 33.7. The molecule has 0 spiro atoms. The summed E-state index contributed by atoms with van der Waals surface area (Å²) in [5, 5.41) is 68.0. The first kappa shape index (κ1) is 49.0. The van der Waals surface area contributed by atoms with Crippen molar-refractivity contribution in [2.24, 2.45) is 0 Å². The molecule has 1 heterocycles. The molecule has 2 unspecified atom stereocenters. The highest BCUT2D eigenvalue weighted by Crippen LogP contribution is 2.23. The molecule has 55 heavy (non-hydrogen) atoms. The molecule has 12 nitrogen and oxygen atoms in total. The van der Waals surface area contributed by atoms with Gasteiger partial charge in [0, 0.05) is 18.5 Å². The van der Waals surface area contributed by atoms with Crippen molar-refractivity contribution in [1.82, 2.24) is 10.6 Å². The third-order valence-corrected chi connectivity index (χ3v) is 10.7. The van der Waals surface area contributed by atoms with Crippen LogP contribution in [0.1, 0.15) is 165 Å². The fraction of sp³-hybridized carbons (Fsp3) is 0.814. The van der Waals surface area contributed by atoms with Gasteiger partial charge in [-0.2, -0.15) is 0 Å². The quantitative estimate of drug-likeness (QED) is 0.0426. The van der Waals surface area contributed by atoms with E-state index in [2.05, 4.69) is 17.6 Å². The largest absolute Gasteiger partial charge is 0.394 e. The van der Waals surface area contributed by atoms with Gasteiger partial charge in [0.25, 0.3) is 5.91 Å². The van der Waals surface area contributed by atoms with Crippen molar-refractivity contribution in [1.29, 1.82) is 0 Å². The Morgan fingerprint density at radius 2 is 1.24 bits per heavy atom. The first-order valence-corrected chi connectivity index (χ1v) is 21.6. The van der Waals surface area contributed by atoms with E-state index in [0.29, 0.717) is 24.9 Å². The Balaban J connectivity index is 1.68. The second-order valence-corrected chi connectivity index (χ2v) is 15.5. The molecular formula is C43H76N2O10. The van der Waals surface area contributed by atoms with Crippen LogP contribution in [0.2, 0.25) is 0 Å². The van der Waals surface area contributed by atoms with E-state index in [1.54, 1.807) is 0 Å². The molecule has 0 saturated carbocycles. The number of aliphatic hydroxyl groups excluding tert-OH is 6. The van der Waals surface area contributed by atoms with Crippen LogP contribution in [-0.2, 0) is 14.3 Å². The van der Waals surface area contributed by atoms with Gasteiger partial charge in [0.1, 0.15) is 30.5 Å². The van der Waals surface area contributed by atoms with Crippen molar-refractivity contribution >= 4 is 11.8 Å². The van der Waals surface area contributed by atoms with Crippen LogP contribution >= 0.6 is 0 Å². The van der Waals surface area contributed by atoms with E-state index in [-0.39, 0.29) is 24.8 Å². The van der Waals surface area contributed by atoms with E-state index in [1.807, 2.05) is 30.3 Å². The fourth-order valence-corrected chi connectivity index (χ4v) is 7.08. The van der Waals surface area contributed by atoms with Gasteiger partial charge in [0.2, 0.25) is 5.91 Å².